The average Bonchev–Trinajstić information content (AvgIpc) is 3.46. The summed E-state index contributed by atoms with van der Waals surface area (Å²) in [5, 5.41) is 23.1. The van der Waals surface area contributed by atoms with Crippen molar-refractivity contribution in [1.29, 1.82) is 0 Å². The molecule has 188 valence electrons. The third-order valence-corrected chi connectivity index (χ3v) is 5.72. The van der Waals surface area contributed by atoms with Crippen molar-refractivity contribution in [3.8, 4) is 0 Å². The minimum Gasteiger partial charge on any atom is -0.481 e. The Morgan fingerprint density at radius 2 is 1.91 bits per heavy atom. The highest BCUT2D eigenvalue weighted by Gasteiger charge is 2.38. The molecule has 1 fully saturated rings. The molecular weight excluding hydrogens is 448 g/mol. The number of hydrogen-bond donors (Lipinski definition) is 6. The molecule has 7 N–H and O–H groups in total. The van der Waals surface area contributed by atoms with E-state index in [0.717, 1.165) is 0 Å². The summed E-state index contributed by atoms with van der Waals surface area (Å²) >= 11 is 0. The van der Waals surface area contributed by atoms with Crippen LogP contribution in [0.25, 0.3) is 0 Å². The Balaban J connectivity index is 2.16. The molecule has 1 saturated heterocycles. The molecule has 3 amide bonds. The third kappa shape index (κ3) is 7.27. The van der Waals surface area contributed by atoms with Gasteiger partial charge in [-0.2, -0.15) is 0 Å². The van der Waals surface area contributed by atoms with Gasteiger partial charge in [-0.1, -0.05) is 13.8 Å². The van der Waals surface area contributed by atoms with Gasteiger partial charge in [0.1, 0.15) is 18.1 Å². The van der Waals surface area contributed by atoms with Crippen molar-refractivity contribution in [1.82, 2.24) is 25.5 Å². The van der Waals surface area contributed by atoms with Crippen LogP contribution in [0.1, 0.15) is 45.2 Å². The number of likely N-dealkylation sites (tertiary alicyclic amines) is 1. The maximum absolute atomic E-state index is 13.1. The standard InChI is InChI=1S/C21H32N6O7/c1-11(2)17(22)20(32)27-7-3-4-15(27)19(31)26-14(8-12-9-23-10-24-12)18(30)25-13(21(33)34)5-6-16(28)29/h9-11,13-15,17H,3-8,22H2,1-2H3,(H,23,24)(H,25,30)(H,26,31)(H,28,29)(H,33,34). The predicted octanol–water partition coefficient (Wildman–Crippen LogP) is -1.15. The molecule has 1 aromatic heterocycles. The molecular formula is C21H32N6O7. The Bertz CT molecular complexity index is 888. The molecule has 0 aromatic carbocycles. The number of rotatable bonds is 12. The third-order valence-electron chi connectivity index (χ3n) is 5.72. The Kier molecular flexibility index (Phi) is 9.54. The largest absolute Gasteiger partial charge is 0.481 e. The molecule has 0 spiro atoms. The molecule has 1 aromatic rings. The lowest BCUT2D eigenvalue weighted by Gasteiger charge is -2.29. The zero-order valence-electron chi connectivity index (χ0n) is 19.2. The van der Waals surface area contributed by atoms with E-state index in [4.69, 9.17) is 10.8 Å². The molecule has 34 heavy (non-hydrogen) atoms. The lowest BCUT2D eigenvalue weighted by Crippen LogP contribution is -2.57. The summed E-state index contributed by atoms with van der Waals surface area (Å²) < 4.78 is 0. The number of hydrogen-bond acceptors (Lipinski definition) is 7. The normalized spacial score (nSPS) is 18.2. The number of H-pyrrole nitrogens is 1. The van der Waals surface area contributed by atoms with Crippen LogP contribution >= 0.6 is 0 Å². The second-order valence-electron chi connectivity index (χ2n) is 8.63. The summed E-state index contributed by atoms with van der Waals surface area (Å²) in [4.78, 5) is 69.2. The quantitative estimate of drug-likeness (QED) is 0.213. The van der Waals surface area contributed by atoms with E-state index in [-0.39, 0.29) is 24.7 Å². The van der Waals surface area contributed by atoms with Crippen LogP contribution < -0.4 is 16.4 Å². The number of carbonyl (C=O) groups is 5. The molecule has 13 heteroatoms. The summed E-state index contributed by atoms with van der Waals surface area (Å²) in [6, 6.07) is -4.20. The number of aromatic amines is 1. The highest BCUT2D eigenvalue weighted by atomic mass is 16.4. The van der Waals surface area contributed by atoms with Crippen molar-refractivity contribution < 1.29 is 34.2 Å². The number of carbonyl (C=O) groups excluding carboxylic acids is 3. The number of amides is 3. The fourth-order valence-corrected chi connectivity index (χ4v) is 3.67. The first kappa shape index (κ1) is 26.8. The molecule has 4 atom stereocenters. The van der Waals surface area contributed by atoms with E-state index in [1.54, 1.807) is 0 Å². The van der Waals surface area contributed by atoms with Crippen molar-refractivity contribution in [2.75, 3.05) is 6.54 Å². The van der Waals surface area contributed by atoms with Gasteiger partial charge < -0.3 is 36.5 Å². The highest BCUT2D eigenvalue weighted by molar-refractivity contribution is 5.94. The summed E-state index contributed by atoms with van der Waals surface area (Å²) in [7, 11) is 0. The van der Waals surface area contributed by atoms with Crippen molar-refractivity contribution in [3.63, 3.8) is 0 Å². The van der Waals surface area contributed by atoms with Crippen LogP contribution in [0.15, 0.2) is 12.5 Å². The lowest BCUT2D eigenvalue weighted by molar-refractivity contribution is -0.144. The first-order valence-corrected chi connectivity index (χ1v) is 11.1. The predicted molar refractivity (Wildman–Crippen MR) is 118 cm³/mol. The molecule has 1 aliphatic rings. The van der Waals surface area contributed by atoms with Gasteiger partial charge in [-0.3, -0.25) is 19.2 Å². The second kappa shape index (κ2) is 12.1. The second-order valence-corrected chi connectivity index (χ2v) is 8.63. The Hall–Kier alpha value is -3.48. The van der Waals surface area contributed by atoms with Crippen LogP contribution in [-0.2, 0) is 30.4 Å². The number of carboxylic acids is 2. The van der Waals surface area contributed by atoms with E-state index >= 15 is 0 Å². The summed E-state index contributed by atoms with van der Waals surface area (Å²) in [6.07, 6.45) is 3.06. The molecule has 0 radical (unpaired) electrons. The maximum Gasteiger partial charge on any atom is 0.326 e. The van der Waals surface area contributed by atoms with E-state index in [9.17, 15) is 29.1 Å². The minimum atomic E-state index is -1.45. The molecule has 0 aliphatic carbocycles. The van der Waals surface area contributed by atoms with Crippen LogP contribution in [0, 0.1) is 5.92 Å². The van der Waals surface area contributed by atoms with Crippen molar-refractivity contribution in [3.05, 3.63) is 18.2 Å². The minimum absolute atomic E-state index is 0.0188. The van der Waals surface area contributed by atoms with Crippen molar-refractivity contribution in [2.24, 2.45) is 11.7 Å². The number of nitrogens with one attached hydrogen (secondary N) is 3. The van der Waals surface area contributed by atoms with E-state index in [1.807, 2.05) is 13.8 Å². The Morgan fingerprint density at radius 3 is 2.47 bits per heavy atom. The van der Waals surface area contributed by atoms with Gasteiger partial charge in [0.15, 0.2) is 0 Å². The van der Waals surface area contributed by atoms with Gasteiger partial charge in [-0.15, -0.1) is 0 Å². The van der Waals surface area contributed by atoms with Crippen molar-refractivity contribution in [2.45, 2.75) is 70.1 Å². The molecule has 1 aliphatic heterocycles. The summed E-state index contributed by atoms with van der Waals surface area (Å²) in [6.45, 7) is 3.98. The van der Waals surface area contributed by atoms with Crippen LogP contribution in [0.5, 0.6) is 0 Å². The molecule has 0 saturated carbocycles. The number of aromatic nitrogens is 2. The monoisotopic (exact) mass is 480 g/mol. The van der Waals surface area contributed by atoms with Gasteiger partial charge in [0, 0.05) is 31.3 Å². The number of nitrogens with two attached hydrogens (primary N) is 1. The molecule has 0 bridgehead atoms. The number of imidazole rings is 1. The number of carboxylic acid groups (broad SMARTS) is 2. The van der Waals surface area contributed by atoms with E-state index in [1.165, 1.54) is 17.4 Å². The van der Waals surface area contributed by atoms with E-state index in [2.05, 4.69) is 20.6 Å². The number of aliphatic carboxylic acids is 2. The first-order chi connectivity index (χ1) is 16.0. The Labute approximate surface area is 196 Å². The van der Waals surface area contributed by atoms with Crippen LogP contribution in [0.3, 0.4) is 0 Å². The zero-order chi connectivity index (χ0) is 25.4. The van der Waals surface area contributed by atoms with Gasteiger partial charge >= 0.3 is 11.9 Å². The fraction of sp³-hybridized carbons (Fsp3) is 0.619. The van der Waals surface area contributed by atoms with Gasteiger partial charge in [-0.05, 0) is 25.2 Å². The zero-order valence-corrected chi connectivity index (χ0v) is 19.2. The smallest absolute Gasteiger partial charge is 0.326 e. The lowest BCUT2D eigenvalue weighted by atomic mass is 10.0. The molecule has 4 unspecified atom stereocenters. The van der Waals surface area contributed by atoms with E-state index < -0.39 is 54.3 Å². The number of nitrogens with zero attached hydrogens (tertiary/aromatic N) is 2. The first-order valence-electron chi connectivity index (χ1n) is 11.1. The van der Waals surface area contributed by atoms with Crippen molar-refractivity contribution >= 4 is 29.7 Å². The molecule has 13 nitrogen and oxygen atoms in total. The van der Waals surface area contributed by atoms with Crippen LogP contribution in [-0.4, -0.2) is 85.5 Å². The topological polar surface area (TPSA) is 208 Å². The fourth-order valence-electron chi connectivity index (χ4n) is 3.67. The molecule has 2 rings (SSSR count). The van der Waals surface area contributed by atoms with Gasteiger partial charge in [0.25, 0.3) is 0 Å². The van der Waals surface area contributed by atoms with E-state index in [0.29, 0.717) is 25.1 Å². The van der Waals surface area contributed by atoms with Gasteiger partial charge in [-0.25, -0.2) is 9.78 Å². The average molecular weight is 481 g/mol. The Morgan fingerprint density at radius 1 is 1.21 bits per heavy atom. The SMILES string of the molecule is CC(C)C(N)C(=O)N1CCCC1C(=O)NC(Cc1cnc[nH]1)C(=O)NC(CCC(=O)O)C(=O)O. The van der Waals surface area contributed by atoms with Gasteiger partial charge in [0.2, 0.25) is 17.7 Å². The summed E-state index contributed by atoms with van der Waals surface area (Å²) in [5.41, 5.74) is 6.49. The van der Waals surface area contributed by atoms with Gasteiger partial charge in [0.05, 0.1) is 12.4 Å². The van der Waals surface area contributed by atoms with Crippen LogP contribution in [0.2, 0.25) is 0 Å². The highest BCUT2D eigenvalue weighted by Crippen LogP contribution is 2.20. The maximum atomic E-state index is 13.1. The summed E-state index contributed by atoms with van der Waals surface area (Å²) in [5.74, 6) is -4.41. The molecule has 2 heterocycles. The van der Waals surface area contributed by atoms with Crippen LogP contribution in [0.4, 0.5) is 0 Å².